The first-order valence-corrected chi connectivity index (χ1v) is 6.19. The van der Waals surface area contributed by atoms with E-state index >= 15 is 0 Å². The highest BCUT2D eigenvalue weighted by Crippen LogP contribution is 2.27. The highest BCUT2D eigenvalue weighted by molar-refractivity contribution is 5.57. The second kappa shape index (κ2) is 5.87. The summed E-state index contributed by atoms with van der Waals surface area (Å²) in [6, 6.07) is 5.10. The van der Waals surface area contributed by atoms with Crippen molar-refractivity contribution >= 4 is 5.69 Å². The molecular weight excluding hydrogens is 219 g/mol. The largest absolute Gasteiger partial charge is 0.492 e. The van der Waals surface area contributed by atoms with Crippen molar-refractivity contribution in [3.63, 3.8) is 0 Å². The van der Waals surface area contributed by atoms with Crippen LogP contribution in [0, 0.1) is 5.82 Å². The van der Waals surface area contributed by atoms with Gasteiger partial charge in [0.15, 0.2) is 0 Å². The van der Waals surface area contributed by atoms with Crippen molar-refractivity contribution in [3.8, 4) is 5.75 Å². The molecule has 1 aliphatic rings. The molecule has 3 nitrogen and oxygen atoms in total. The zero-order chi connectivity index (χ0) is 12.1. The van der Waals surface area contributed by atoms with Gasteiger partial charge in [-0.05, 0) is 45.0 Å². The van der Waals surface area contributed by atoms with E-state index in [0.29, 0.717) is 18.4 Å². The number of ether oxygens (including phenoxy) is 1. The van der Waals surface area contributed by atoms with E-state index in [1.165, 1.54) is 12.1 Å². The fourth-order valence-electron chi connectivity index (χ4n) is 2.08. The molecule has 0 radical (unpaired) electrons. The normalized spacial score (nSPS) is 16.8. The minimum atomic E-state index is -0.260. The lowest BCUT2D eigenvalue weighted by atomic mass is 10.1. The van der Waals surface area contributed by atoms with Gasteiger partial charge in [0.2, 0.25) is 0 Å². The third-order valence-corrected chi connectivity index (χ3v) is 2.94. The molecular formula is C13H19FN2O. The third-order valence-electron chi connectivity index (χ3n) is 2.94. The van der Waals surface area contributed by atoms with Crippen LogP contribution < -0.4 is 15.4 Å². The van der Waals surface area contributed by atoms with E-state index in [-0.39, 0.29) is 5.82 Å². The van der Waals surface area contributed by atoms with E-state index in [1.807, 2.05) is 6.92 Å². The molecule has 0 bridgehead atoms. The predicted molar refractivity (Wildman–Crippen MR) is 67.1 cm³/mol. The van der Waals surface area contributed by atoms with Gasteiger partial charge in [-0.3, -0.25) is 0 Å². The molecule has 1 fully saturated rings. The van der Waals surface area contributed by atoms with Crippen molar-refractivity contribution in [2.75, 3.05) is 25.0 Å². The zero-order valence-corrected chi connectivity index (χ0v) is 10.1. The molecule has 0 unspecified atom stereocenters. The molecule has 94 valence electrons. The summed E-state index contributed by atoms with van der Waals surface area (Å²) in [5, 5.41) is 6.75. The Morgan fingerprint density at radius 1 is 1.41 bits per heavy atom. The van der Waals surface area contributed by atoms with Crippen molar-refractivity contribution < 1.29 is 9.13 Å². The minimum Gasteiger partial charge on any atom is -0.492 e. The molecule has 0 spiro atoms. The Morgan fingerprint density at radius 2 is 2.18 bits per heavy atom. The fraction of sp³-hybridized carbons (Fsp3) is 0.538. The van der Waals surface area contributed by atoms with Crippen molar-refractivity contribution in [2.45, 2.75) is 25.8 Å². The van der Waals surface area contributed by atoms with E-state index in [9.17, 15) is 4.39 Å². The Balaban J connectivity index is 2.07. The summed E-state index contributed by atoms with van der Waals surface area (Å²) in [5.41, 5.74) is 0.889. The molecule has 0 atom stereocenters. The Morgan fingerprint density at radius 3 is 2.88 bits per heavy atom. The summed E-state index contributed by atoms with van der Waals surface area (Å²) in [6.07, 6.45) is 2.17. The van der Waals surface area contributed by atoms with Gasteiger partial charge in [-0.2, -0.15) is 0 Å². The van der Waals surface area contributed by atoms with Gasteiger partial charge in [-0.25, -0.2) is 4.39 Å². The van der Waals surface area contributed by atoms with Gasteiger partial charge in [0.05, 0.1) is 12.3 Å². The van der Waals surface area contributed by atoms with Gasteiger partial charge in [0.25, 0.3) is 0 Å². The van der Waals surface area contributed by atoms with Crippen LogP contribution in [0.15, 0.2) is 18.2 Å². The Kier molecular flexibility index (Phi) is 4.20. The number of benzene rings is 1. The smallest absolute Gasteiger partial charge is 0.145 e. The quantitative estimate of drug-likeness (QED) is 0.845. The van der Waals surface area contributed by atoms with Crippen LogP contribution in [0.4, 0.5) is 10.1 Å². The maximum Gasteiger partial charge on any atom is 0.145 e. The van der Waals surface area contributed by atoms with Crippen molar-refractivity contribution in [1.82, 2.24) is 5.32 Å². The van der Waals surface area contributed by atoms with E-state index < -0.39 is 0 Å². The summed E-state index contributed by atoms with van der Waals surface area (Å²) in [7, 11) is 0. The van der Waals surface area contributed by atoms with Crippen molar-refractivity contribution in [2.24, 2.45) is 0 Å². The van der Waals surface area contributed by atoms with Crippen molar-refractivity contribution in [1.29, 1.82) is 0 Å². The number of anilines is 1. The van der Waals surface area contributed by atoms with Crippen LogP contribution in [0.3, 0.4) is 0 Å². The Labute approximate surface area is 101 Å². The van der Waals surface area contributed by atoms with Crippen LogP contribution in [0.25, 0.3) is 0 Å². The average Bonchev–Trinajstić information content (AvgIpc) is 2.34. The number of hydrogen-bond acceptors (Lipinski definition) is 3. The van der Waals surface area contributed by atoms with Gasteiger partial charge < -0.3 is 15.4 Å². The molecule has 0 amide bonds. The highest BCUT2D eigenvalue weighted by Gasteiger charge is 2.14. The molecule has 1 aromatic carbocycles. The second-order valence-electron chi connectivity index (χ2n) is 4.24. The summed E-state index contributed by atoms with van der Waals surface area (Å²) < 4.78 is 18.6. The first-order valence-electron chi connectivity index (χ1n) is 6.19. The first-order chi connectivity index (χ1) is 8.29. The van der Waals surface area contributed by atoms with Crippen LogP contribution in [0.5, 0.6) is 5.75 Å². The van der Waals surface area contributed by atoms with Gasteiger partial charge in [0, 0.05) is 12.1 Å². The monoisotopic (exact) mass is 238 g/mol. The maximum atomic E-state index is 13.1. The lowest BCUT2D eigenvalue weighted by Gasteiger charge is -2.25. The van der Waals surface area contributed by atoms with Gasteiger partial charge in [0.1, 0.15) is 11.6 Å². The van der Waals surface area contributed by atoms with Gasteiger partial charge in [-0.15, -0.1) is 0 Å². The SMILES string of the molecule is CCOc1cc(F)ccc1NC1CCNCC1. The highest BCUT2D eigenvalue weighted by atomic mass is 19.1. The molecule has 17 heavy (non-hydrogen) atoms. The lowest BCUT2D eigenvalue weighted by Crippen LogP contribution is -2.35. The molecule has 0 saturated carbocycles. The summed E-state index contributed by atoms with van der Waals surface area (Å²) in [4.78, 5) is 0. The predicted octanol–water partition coefficient (Wildman–Crippen LogP) is 2.39. The van der Waals surface area contributed by atoms with Crippen LogP contribution in [0.1, 0.15) is 19.8 Å². The van der Waals surface area contributed by atoms with E-state index in [2.05, 4.69) is 10.6 Å². The van der Waals surface area contributed by atoms with Gasteiger partial charge in [-0.1, -0.05) is 0 Å². The van der Waals surface area contributed by atoms with Crippen LogP contribution in [-0.2, 0) is 0 Å². The fourth-order valence-corrected chi connectivity index (χ4v) is 2.08. The van der Waals surface area contributed by atoms with E-state index in [1.54, 1.807) is 6.07 Å². The number of halogens is 1. The van der Waals surface area contributed by atoms with E-state index in [4.69, 9.17) is 4.74 Å². The zero-order valence-electron chi connectivity index (χ0n) is 10.1. The number of hydrogen-bond donors (Lipinski definition) is 2. The van der Waals surface area contributed by atoms with Gasteiger partial charge >= 0.3 is 0 Å². The van der Waals surface area contributed by atoms with Crippen molar-refractivity contribution in [3.05, 3.63) is 24.0 Å². The summed E-state index contributed by atoms with van der Waals surface area (Å²) >= 11 is 0. The average molecular weight is 238 g/mol. The molecule has 1 saturated heterocycles. The molecule has 0 aliphatic carbocycles. The van der Waals surface area contributed by atoms with Crippen LogP contribution in [0.2, 0.25) is 0 Å². The molecule has 2 rings (SSSR count). The molecule has 1 aromatic rings. The molecule has 1 heterocycles. The molecule has 1 aliphatic heterocycles. The third kappa shape index (κ3) is 3.33. The summed E-state index contributed by atoms with van der Waals surface area (Å²) in [5.74, 6) is 0.343. The second-order valence-corrected chi connectivity index (χ2v) is 4.24. The number of nitrogens with one attached hydrogen (secondary N) is 2. The molecule has 0 aromatic heterocycles. The molecule has 4 heteroatoms. The Hall–Kier alpha value is -1.29. The minimum absolute atomic E-state index is 0.260. The molecule has 2 N–H and O–H groups in total. The summed E-state index contributed by atoms with van der Waals surface area (Å²) in [6.45, 7) is 4.51. The van der Waals surface area contributed by atoms with Crippen LogP contribution >= 0.6 is 0 Å². The Bertz CT molecular complexity index is 364. The number of rotatable bonds is 4. The van der Waals surface area contributed by atoms with E-state index in [0.717, 1.165) is 31.6 Å². The van der Waals surface area contributed by atoms with Crippen LogP contribution in [-0.4, -0.2) is 25.7 Å². The number of piperidine rings is 1. The topological polar surface area (TPSA) is 33.3 Å². The maximum absolute atomic E-state index is 13.1. The standard InChI is InChI=1S/C13H19FN2O/c1-2-17-13-9-10(14)3-4-12(13)16-11-5-7-15-8-6-11/h3-4,9,11,15-16H,2,5-8H2,1H3. The lowest BCUT2D eigenvalue weighted by molar-refractivity contribution is 0.339. The first kappa shape index (κ1) is 12.2.